The van der Waals surface area contributed by atoms with E-state index in [4.69, 9.17) is 0 Å². The first-order valence-corrected chi connectivity index (χ1v) is 11.1. The van der Waals surface area contributed by atoms with Crippen LogP contribution in [-0.2, 0) is 9.59 Å². The third kappa shape index (κ3) is 4.03. The highest BCUT2D eigenvalue weighted by molar-refractivity contribution is 5.90. The Hall–Kier alpha value is -2.18. The summed E-state index contributed by atoms with van der Waals surface area (Å²) < 4.78 is 0. The van der Waals surface area contributed by atoms with Gasteiger partial charge in [0.25, 0.3) is 0 Å². The molecule has 2 atom stereocenters. The topological polar surface area (TPSA) is 72.9 Å². The van der Waals surface area contributed by atoms with Crippen LogP contribution in [-0.4, -0.2) is 59.5 Å². The van der Waals surface area contributed by atoms with E-state index in [0.717, 1.165) is 25.8 Å². The van der Waals surface area contributed by atoms with Gasteiger partial charge in [0.05, 0.1) is 5.92 Å². The number of rotatable bonds is 4. The van der Waals surface area contributed by atoms with Crippen molar-refractivity contribution in [3.8, 4) is 0 Å². The third-order valence-corrected chi connectivity index (χ3v) is 7.20. The van der Waals surface area contributed by atoms with Gasteiger partial charge in [-0.25, -0.2) is 5.48 Å². The minimum atomic E-state index is -0.511. The van der Waals surface area contributed by atoms with Gasteiger partial charge in [0.1, 0.15) is 6.04 Å². The number of likely N-dealkylation sites (tertiary alicyclic amines) is 1. The summed E-state index contributed by atoms with van der Waals surface area (Å²) in [6.07, 6.45) is 5.83. The van der Waals surface area contributed by atoms with Gasteiger partial charge in [-0.3, -0.25) is 19.7 Å². The SMILES string of the molecule is CC(C)c1cccc(C2=CCN(C(=O)[C@@H]3[C@@H](C(=O)NO)CC4(CC4)CN3C)CC2)c1. The summed E-state index contributed by atoms with van der Waals surface area (Å²) in [7, 11) is 1.93. The first kappa shape index (κ1) is 21.1. The molecule has 3 aliphatic rings. The summed E-state index contributed by atoms with van der Waals surface area (Å²) in [5.41, 5.74) is 5.79. The molecule has 1 spiro atoms. The Morgan fingerprint density at radius 1 is 1.27 bits per heavy atom. The summed E-state index contributed by atoms with van der Waals surface area (Å²) in [5, 5.41) is 9.24. The van der Waals surface area contributed by atoms with E-state index in [1.165, 1.54) is 16.7 Å². The molecule has 1 aromatic rings. The van der Waals surface area contributed by atoms with Crippen molar-refractivity contribution in [3.05, 3.63) is 41.5 Å². The Labute approximate surface area is 178 Å². The Balaban J connectivity index is 1.49. The largest absolute Gasteiger partial charge is 0.337 e. The van der Waals surface area contributed by atoms with E-state index >= 15 is 0 Å². The van der Waals surface area contributed by atoms with Crippen molar-refractivity contribution in [1.29, 1.82) is 0 Å². The molecule has 1 saturated heterocycles. The highest BCUT2D eigenvalue weighted by atomic mass is 16.5. The van der Waals surface area contributed by atoms with Gasteiger partial charge in [0, 0.05) is 19.6 Å². The van der Waals surface area contributed by atoms with Gasteiger partial charge in [-0.2, -0.15) is 0 Å². The number of carbonyl (C=O) groups excluding carboxylic acids is 2. The Morgan fingerprint density at radius 2 is 2.03 bits per heavy atom. The number of hydroxylamine groups is 1. The first-order valence-electron chi connectivity index (χ1n) is 11.1. The van der Waals surface area contributed by atoms with Crippen LogP contribution in [0.1, 0.15) is 56.6 Å². The number of hydrogen-bond acceptors (Lipinski definition) is 4. The van der Waals surface area contributed by atoms with Gasteiger partial charge in [-0.05, 0) is 60.8 Å². The first-order chi connectivity index (χ1) is 14.3. The molecule has 1 saturated carbocycles. The molecule has 2 aliphatic heterocycles. The van der Waals surface area contributed by atoms with Gasteiger partial charge in [0.2, 0.25) is 11.8 Å². The van der Waals surface area contributed by atoms with Crippen LogP contribution in [0.4, 0.5) is 0 Å². The maximum absolute atomic E-state index is 13.4. The van der Waals surface area contributed by atoms with E-state index < -0.39 is 17.9 Å². The van der Waals surface area contributed by atoms with E-state index in [0.29, 0.717) is 25.4 Å². The molecule has 0 radical (unpaired) electrons. The molecule has 2 N–H and O–H groups in total. The molecule has 2 amide bonds. The monoisotopic (exact) mass is 411 g/mol. The second-order valence-corrected chi connectivity index (χ2v) is 9.69. The molecule has 6 nitrogen and oxygen atoms in total. The average molecular weight is 412 g/mol. The van der Waals surface area contributed by atoms with E-state index in [1.807, 2.05) is 16.8 Å². The maximum Gasteiger partial charge on any atom is 0.248 e. The van der Waals surface area contributed by atoms with Crippen molar-refractivity contribution in [3.63, 3.8) is 0 Å². The smallest absolute Gasteiger partial charge is 0.248 e. The fraction of sp³-hybridized carbons (Fsp3) is 0.583. The number of amides is 2. The minimum absolute atomic E-state index is 0.00664. The predicted molar refractivity (Wildman–Crippen MR) is 116 cm³/mol. The molecule has 162 valence electrons. The molecule has 0 unspecified atom stereocenters. The zero-order chi connectivity index (χ0) is 21.5. The van der Waals surface area contributed by atoms with Gasteiger partial charge in [-0.15, -0.1) is 0 Å². The molecule has 2 heterocycles. The van der Waals surface area contributed by atoms with Crippen molar-refractivity contribution >= 4 is 17.4 Å². The summed E-state index contributed by atoms with van der Waals surface area (Å²) in [6, 6.07) is 8.14. The summed E-state index contributed by atoms with van der Waals surface area (Å²) in [5.74, 6) is -0.465. The van der Waals surface area contributed by atoms with Crippen LogP contribution in [0.15, 0.2) is 30.3 Å². The number of carbonyl (C=O) groups is 2. The number of benzene rings is 1. The molecule has 0 bridgehead atoms. The highest BCUT2D eigenvalue weighted by Crippen LogP contribution is 2.54. The zero-order valence-electron chi connectivity index (χ0n) is 18.2. The van der Waals surface area contributed by atoms with Gasteiger partial charge < -0.3 is 4.90 Å². The Kier molecular flexibility index (Phi) is 5.73. The van der Waals surface area contributed by atoms with Crippen LogP contribution < -0.4 is 5.48 Å². The fourth-order valence-corrected chi connectivity index (χ4v) is 5.21. The van der Waals surface area contributed by atoms with Crippen LogP contribution in [0.25, 0.3) is 5.57 Å². The number of nitrogens with one attached hydrogen (secondary N) is 1. The molecule has 0 aromatic heterocycles. The van der Waals surface area contributed by atoms with Gasteiger partial charge in [-0.1, -0.05) is 44.2 Å². The van der Waals surface area contributed by atoms with Gasteiger partial charge in [0.15, 0.2) is 0 Å². The molecular weight excluding hydrogens is 378 g/mol. The lowest BCUT2D eigenvalue weighted by Crippen LogP contribution is -2.59. The molecule has 1 aliphatic carbocycles. The molecule has 4 rings (SSSR count). The van der Waals surface area contributed by atoms with E-state index in [-0.39, 0.29) is 11.3 Å². The molecule has 30 heavy (non-hydrogen) atoms. The number of piperidine rings is 1. The predicted octanol–water partition coefficient (Wildman–Crippen LogP) is 3.03. The second-order valence-electron chi connectivity index (χ2n) is 9.69. The van der Waals surface area contributed by atoms with E-state index in [1.54, 1.807) is 5.48 Å². The van der Waals surface area contributed by atoms with E-state index in [2.05, 4.69) is 44.2 Å². The van der Waals surface area contributed by atoms with Crippen LogP contribution >= 0.6 is 0 Å². The van der Waals surface area contributed by atoms with Crippen LogP contribution in [0.2, 0.25) is 0 Å². The van der Waals surface area contributed by atoms with Crippen molar-refractivity contribution in [2.75, 3.05) is 26.7 Å². The fourth-order valence-electron chi connectivity index (χ4n) is 5.21. The van der Waals surface area contributed by atoms with Crippen molar-refractivity contribution in [2.24, 2.45) is 11.3 Å². The second kappa shape index (κ2) is 8.16. The minimum Gasteiger partial charge on any atom is -0.337 e. The van der Waals surface area contributed by atoms with Crippen LogP contribution in [0, 0.1) is 11.3 Å². The van der Waals surface area contributed by atoms with Crippen LogP contribution in [0.3, 0.4) is 0 Å². The molecule has 2 fully saturated rings. The molecule has 1 aromatic carbocycles. The Morgan fingerprint density at radius 3 is 2.63 bits per heavy atom. The summed E-state index contributed by atoms with van der Waals surface area (Å²) >= 11 is 0. The lowest BCUT2D eigenvalue weighted by Gasteiger charge is -2.43. The Bertz CT molecular complexity index is 859. The maximum atomic E-state index is 13.4. The third-order valence-electron chi connectivity index (χ3n) is 7.20. The van der Waals surface area contributed by atoms with Crippen molar-refractivity contribution in [1.82, 2.24) is 15.3 Å². The molecular formula is C24H33N3O3. The highest BCUT2D eigenvalue weighted by Gasteiger charge is 2.55. The lowest BCUT2D eigenvalue weighted by atomic mass is 9.80. The zero-order valence-corrected chi connectivity index (χ0v) is 18.2. The summed E-state index contributed by atoms with van der Waals surface area (Å²) in [4.78, 5) is 29.7. The average Bonchev–Trinajstić information content (AvgIpc) is 3.50. The normalized spacial score (nSPS) is 25.9. The quantitative estimate of drug-likeness (QED) is 0.590. The number of hydrogen-bond donors (Lipinski definition) is 2. The van der Waals surface area contributed by atoms with Gasteiger partial charge >= 0.3 is 0 Å². The lowest BCUT2D eigenvalue weighted by molar-refractivity contribution is -0.150. The van der Waals surface area contributed by atoms with Crippen molar-refractivity contribution < 1.29 is 14.8 Å². The summed E-state index contributed by atoms with van der Waals surface area (Å²) in [6.45, 7) is 6.44. The van der Waals surface area contributed by atoms with Crippen molar-refractivity contribution in [2.45, 2.75) is 51.5 Å². The van der Waals surface area contributed by atoms with E-state index in [9.17, 15) is 14.8 Å². The molecule has 6 heteroatoms. The van der Waals surface area contributed by atoms with Crippen LogP contribution in [0.5, 0.6) is 0 Å². The number of nitrogens with zero attached hydrogens (tertiary/aromatic N) is 2. The number of likely N-dealkylation sites (N-methyl/N-ethyl adjacent to an activating group) is 1. The standard InChI is InChI=1S/C24H33N3O3/c1-16(2)18-5-4-6-19(13-18)17-7-11-27(12-8-17)23(29)21-20(22(28)25-30)14-24(9-10-24)15-26(21)3/h4-7,13,16,20-21,30H,8-12,14-15H2,1-3H3,(H,25,28)/t20-,21-/m0/s1.